The second-order valence-corrected chi connectivity index (χ2v) is 2.01. The molecular weight excluding hydrogens is 104 g/mol. The van der Waals surface area contributed by atoms with Gasteiger partial charge in [0.1, 0.15) is 0 Å². The van der Waals surface area contributed by atoms with Crippen LogP contribution in [0.25, 0.3) is 0 Å². The van der Waals surface area contributed by atoms with Crippen molar-refractivity contribution in [3.63, 3.8) is 0 Å². The van der Waals surface area contributed by atoms with Gasteiger partial charge in [0.2, 0.25) is 0 Å². The minimum Gasteiger partial charge on any atom is -0.237 e. The van der Waals surface area contributed by atoms with E-state index in [1.807, 2.05) is 0 Å². The summed E-state index contributed by atoms with van der Waals surface area (Å²) >= 11 is 0. The van der Waals surface area contributed by atoms with E-state index in [0.29, 0.717) is 12.8 Å². The number of unbranched alkanes of at least 4 members (excludes halogenated alkanes) is 1. The van der Waals surface area contributed by atoms with Crippen LogP contribution in [0, 0.1) is 0 Å². The van der Waals surface area contributed by atoms with Crippen molar-refractivity contribution in [2.45, 2.75) is 32.3 Å². The van der Waals surface area contributed by atoms with Crippen molar-refractivity contribution >= 4 is 0 Å². The molecule has 1 unspecified atom stereocenters. The van der Waals surface area contributed by atoms with E-state index >= 15 is 0 Å². The van der Waals surface area contributed by atoms with E-state index in [2.05, 4.69) is 0 Å². The van der Waals surface area contributed by atoms with Gasteiger partial charge in [-0.1, -0.05) is 0 Å². The molecule has 0 saturated heterocycles. The molecule has 0 aliphatic carbocycles. The molecule has 0 rings (SSSR count). The first kappa shape index (κ1) is 7.92. The van der Waals surface area contributed by atoms with Crippen LogP contribution in [-0.2, 0) is 10.2 Å². The summed E-state index contributed by atoms with van der Waals surface area (Å²) < 4.78 is 0. The van der Waals surface area contributed by atoms with Crippen LogP contribution in [0.3, 0.4) is 0 Å². The Morgan fingerprint density at radius 2 is 2.00 bits per heavy atom. The molecule has 48 valence electrons. The Bertz CT molecular complexity index is 43.8. The summed E-state index contributed by atoms with van der Waals surface area (Å²) in [5, 5.41) is 20.1. The molecule has 8 heavy (non-hydrogen) atoms. The van der Waals surface area contributed by atoms with Crippen LogP contribution in [0.2, 0.25) is 0 Å². The Balaban J connectivity index is 2.72. The summed E-state index contributed by atoms with van der Waals surface area (Å²) in [6.45, 7) is 1.59. The molecule has 0 heterocycles. The van der Waals surface area contributed by atoms with Gasteiger partial charge in [-0.25, -0.2) is 10.2 Å². The molecule has 0 aromatic rings. The monoisotopic (exact) mass is 116 g/mol. The molecule has 0 saturated carbocycles. The molecule has 0 bridgehead atoms. The predicted octanol–water partition coefficient (Wildman–Crippen LogP) is 1.41. The third kappa shape index (κ3) is 5.92. The van der Waals surface area contributed by atoms with Gasteiger partial charge in [-0.2, -0.15) is 0 Å². The fraction of sp³-hybridized carbons (Fsp3) is 1.00. The average molecular weight is 116 g/mol. The van der Waals surface area contributed by atoms with Crippen molar-refractivity contribution in [3.8, 4) is 0 Å². The summed E-state index contributed by atoms with van der Waals surface area (Å²) in [6.07, 6.45) is 1.63. The fourth-order valence-electron chi connectivity index (χ4n) is 0.534. The lowest BCUT2D eigenvalue weighted by molar-refractivity contribution is 0.0913. The van der Waals surface area contributed by atoms with Crippen LogP contribution in [0.5, 0.6) is 0 Å². The van der Waals surface area contributed by atoms with Crippen molar-refractivity contribution in [3.05, 3.63) is 0 Å². The first-order chi connectivity index (χ1) is 3.77. The molecule has 0 aromatic heterocycles. The highest BCUT2D eigenvalue weighted by Gasteiger charge is 1.95. The minimum atomic E-state index is -0.485. The van der Waals surface area contributed by atoms with Gasteiger partial charge in [0.05, 0.1) is 12.7 Å². The van der Waals surface area contributed by atoms with Gasteiger partial charge < -0.3 is 0 Å². The molecule has 0 aliphatic rings. The topological polar surface area (TPSA) is 39.8 Å². The summed E-state index contributed by atoms with van der Waals surface area (Å²) in [5.74, 6) is 0. The van der Waals surface area contributed by atoms with Gasteiger partial charge >= 0.3 is 0 Å². The predicted molar refractivity (Wildman–Crippen MR) is 29.6 cm³/mol. The Kier molecular flexibility index (Phi) is 5.01. The largest absolute Gasteiger partial charge is 0.237 e. The third-order valence-electron chi connectivity index (χ3n) is 1.00. The van der Waals surface area contributed by atoms with Gasteiger partial charge in [-0.3, -0.25) is 0 Å². The van der Waals surface area contributed by atoms with Crippen LogP contribution in [0.15, 0.2) is 0 Å². The zero-order chi connectivity index (χ0) is 6.41. The first-order valence-electron chi connectivity index (χ1n) is 3.01. The number of hydrogen-bond acceptors (Lipinski definition) is 0. The van der Waals surface area contributed by atoms with E-state index in [0.717, 1.165) is 6.42 Å². The Morgan fingerprint density at radius 3 is 2.38 bits per heavy atom. The highest BCUT2D eigenvalue weighted by molar-refractivity contribution is 4.45. The van der Waals surface area contributed by atoms with Crippen molar-refractivity contribution in [2.24, 2.45) is 0 Å². The maximum absolute atomic E-state index is 10.3. The Labute approximate surface area is 50.2 Å². The van der Waals surface area contributed by atoms with Crippen molar-refractivity contribution in [1.82, 2.24) is 0 Å². The van der Waals surface area contributed by atoms with Crippen LogP contribution in [0.1, 0.15) is 26.2 Å². The fourth-order valence-corrected chi connectivity index (χ4v) is 0.534. The second kappa shape index (κ2) is 5.06. The minimum absolute atomic E-state index is 0.0350. The van der Waals surface area contributed by atoms with Crippen LogP contribution < -0.4 is 0 Å². The van der Waals surface area contributed by atoms with Crippen molar-refractivity contribution < 1.29 is 10.2 Å². The van der Waals surface area contributed by atoms with Gasteiger partial charge in [0.15, 0.2) is 0 Å². The molecule has 0 aliphatic heterocycles. The van der Waals surface area contributed by atoms with Gasteiger partial charge in [0, 0.05) is 0 Å². The molecule has 0 amide bonds. The molecule has 2 radical (unpaired) electrons. The van der Waals surface area contributed by atoms with Crippen LogP contribution >= 0.6 is 0 Å². The van der Waals surface area contributed by atoms with E-state index < -0.39 is 6.10 Å². The van der Waals surface area contributed by atoms with Crippen molar-refractivity contribution in [1.29, 1.82) is 0 Å². The van der Waals surface area contributed by atoms with Crippen molar-refractivity contribution in [2.75, 3.05) is 6.61 Å². The van der Waals surface area contributed by atoms with Crippen LogP contribution in [-0.4, -0.2) is 12.7 Å². The van der Waals surface area contributed by atoms with E-state index in [1.165, 1.54) is 0 Å². The smallest absolute Gasteiger partial charge is 0.0902 e. The first-order valence-corrected chi connectivity index (χ1v) is 3.01. The lowest BCUT2D eigenvalue weighted by Crippen LogP contribution is -1.96. The summed E-state index contributed by atoms with van der Waals surface area (Å²) in [4.78, 5) is 0. The zero-order valence-corrected chi connectivity index (χ0v) is 5.22. The van der Waals surface area contributed by atoms with Gasteiger partial charge in [0.25, 0.3) is 0 Å². The number of hydrogen-bond donors (Lipinski definition) is 0. The maximum Gasteiger partial charge on any atom is 0.0902 e. The third-order valence-corrected chi connectivity index (χ3v) is 1.00. The molecule has 0 N–H and O–H groups in total. The molecular formula is C6H12O2. The lowest BCUT2D eigenvalue weighted by Gasteiger charge is -1.96. The van der Waals surface area contributed by atoms with Crippen LogP contribution in [0.4, 0.5) is 0 Å². The van der Waals surface area contributed by atoms with E-state index in [-0.39, 0.29) is 6.61 Å². The Morgan fingerprint density at radius 1 is 1.38 bits per heavy atom. The van der Waals surface area contributed by atoms with E-state index in [4.69, 9.17) is 0 Å². The highest BCUT2D eigenvalue weighted by atomic mass is 16.3. The number of rotatable bonds is 4. The standard InChI is InChI=1S/C6H12O2/c1-6(8)4-2-3-5-7/h6H,2-5H2,1H3. The quantitative estimate of drug-likeness (QED) is 0.498. The van der Waals surface area contributed by atoms with E-state index in [1.54, 1.807) is 6.92 Å². The summed E-state index contributed by atoms with van der Waals surface area (Å²) in [5.41, 5.74) is 0. The molecule has 2 heteroatoms. The van der Waals surface area contributed by atoms with Gasteiger partial charge in [-0.15, -0.1) is 0 Å². The highest BCUT2D eigenvalue weighted by Crippen LogP contribution is 1.98. The normalized spacial score (nSPS) is 13.9. The molecule has 0 spiro atoms. The molecule has 1 atom stereocenters. The maximum atomic E-state index is 10.3. The zero-order valence-electron chi connectivity index (χ0n) is 5.22. The SMILES string of the molecule is CC([O])CCCC[O]. The molecule has 0 fully saturated rings. The average Bonchev–Trinajstić information content (AvgIpc) is 1.66. The summed E-state index contributed by atoms with van der Waals surface area (Å²) in [6, 6.07) is 0. The summed E-state index contributed by atoms with van der Waals surface area (Å²) in [7, 11) is 0. The molecule has 2 nitrogen and oxygen atoms in total. The second-order valence-electron chi connectivity index (χ2n) is 2.01. The van der Waals surface area contributed by atoms with E-state index in [9.17, 15) is 10.2 Å². The molecule has 0 aromatic carbocycles. The Hall–Kier alpha value is -0.0800. The van der Waals surface area contributed by atoms with Gasteiger partial charge in [-0.05, 0) is 26.2 Å². The lowest BCUT2D eigenvalue weighted by atomic mass is 10.2.